The number of rotatable bonds is 3. The molecule has 0 bridgehead atoms. The van der Waals surface area contributed by atoms with Crippen molar-refractivity contribution < 1.29 is 19.0 Å². The van der Waals surface area contributed by atoms with E-state index in [9.17, 15) is 9.18 Å². The van der Waals surface area contributed by atoms with Gasteiger partial charge in [-0.1, -0.05) is 0 Å². The molecule has 1 aliphatic carbocycles. The quantitative estimate of drug-likeness (QED) is 0.931. The molecule has 0 aliphatic heterocycles. The molecule has 0 saturated heterocycles. The van der Waals surface area contributed by atoms with Gasteiger partial charge in [-0.3, -0.25) is 0 Å². The van der Waals surface area contributed by atoms with E-state index in [-0.39, 0.29) is 11.3 Å². The first-order valence-electron chi connectivity index (χ1n) is 6.18. The van der Waals surface area contributed by atoms with Crippen LogP contribution in [0.2, 0.25) is 0 Å². The zero-order valence-corrected chi connectivity index (χ0v) is 10.5. The SMILES string of the molecule is O=C(O)c1ccc(Oc2ncnc3c2CCC3)cc1F. The fourth-order valence-corrected chi connectivity index (χ4v) is 2.26. The lowest BCUT2D eigenvalue weighted by Gasteiger charge is -2.09. The van der Waals surface area contributed by atoms with E-state index < -0.39 is 11.8 Å². The number of halogens is 1. The van der Waals surface area contributed by atoms with Crippen LogP contribution in [0, 0.1) is 5.82 Å². The molecule has 0 unspecified atom stereocenters. The molecular weight excluding hydrogens is 263 g/mol. The van der Waals surface area contributed by atoms with E-state index >= 15 is 0 Å². The second kappa shape index (κ2) is 4.88. The number of nitrogens with zero attached hydrogens (tertiary/aromatic N) is 2. The summed E-state index contributed by atoms with van der Waals surface area (Å²) >= 11 is 0. The Morgan fingerprint density at radius 3 is 2.90 bits per heavy atom. The average molecular weight is 274 g/mol. The number of fused-ring (bicyclic) bond motifs is 1. The van der Waals surface area contributed by atoms with Crippen molar-refractivity contribution in [2.24, 2.45) is 0 Å². The smallest absolute Gasteiger partial charge is 0.338 e. The molecule has 5 nitrogen and oxygen atoms in total. The number of hydrogen-bond donors (Lipinski definition) is 1. The molecule has 20 heavy (non-hydrogen) atoms. The van der Waals surface area contributed by atoms with Gasteiger partial charge in [-0.05, 0) is 31.4 Å². The number of ether oxygens (including phenoxy) is 1. The minimum atomic E-state index is -1.31. The molecule has 0 spiro atoms. The zero-order valence-electron chi connectivity index (χ0n) is 10.5. The van der Waals surface area contributed by atoms with Gasteiger partial charge in [-0.25, -0.2) is 19.2 Å². The molecule has 0 radical (unpaired) electrons. The molecule has 0 amide bonds. The number of carboxylic acids is 1. The van der Waals surface area contributed by atoms with Crippen LogP contribution in [0.15, 0.2) is 24.5 Å². The summed E-state index contributed by atoms with van der Waals surface area (Å²) in [5.41, 5.74) is 1.51. The van der Waals surface area contributed by atoms with Gasteiger partial charge in [0.25, 0.3) is 0 Å². The van der Waals surface area contributed by atoms with Crippen LogP contribution in [0.5, 0.6) is 11.6 Å². The van der Waals surface area contributed by atoms with Gasteiger partial charge in [0, 0.05) is 11.6 Å². The molecule has 0 atom stereocenters. The second-order valence-electron chi connectivity index (χ2n) is 4.51. The summed E-state index contributed by atoms with van der Waals surface area (Å²) in [5.74, 6) is -1.51. The summed E-state index contributed by atoms with van der Waals surface area (Å²) in [6, 6.07) is 3.64. The monoisotopic (exact) mass is 274 g/mol. The van der Waals surface area contributed by atoms with Gasteiger partial charge in [0.05, 0.1) is 11.3 Å². The minimum Gasteiger partial charge on any atom is -0.478 e. The molecule has 1 N–H and O–H groups in total. The molecule has 0 fully saturated rings. The van der Waals surface area contributed by atoms with Crippen LogP contribution in [0.1, 0.15) is 28.0 Å². The van der Waals surface area contributed by atoms with E-state index in [4.69, 9.17) is 9.84 Å². The maximum Gasteiger partial charge on any atom is 0.338 e. The Bertz CT molecular complexity index is 688. The van der Waals surface area contributed by atoms with Crippen molar-refractivity contribution in [3.63, 3.8) is 0 Å². The van der Waals surface area contributed by atoms with E-state index in [1.165, 1.54) is 18.5 Å². The highest BCUT2D eigenvalue weighted by molar-refractivity contribution is 5.88. The second-order valence-corrected chi connectivity index (χ2v) is 4.51. The molecular formula is C14H11FN2O3. The standard InChI is InChI=1S/C14H11FN2O3/c15-11-6-8(4-5-9(11)14(18)19)20-13-10-2-1-3-12(10)16-7-17-13/h4-7H,1-3H2,(H,18,19). The van der Waals surface area contributed by atoms with E-state index in [2.05, 4.69) is 9.97 Å². The minimum absolute atomic E-state index is 0.223. The summed E-state index contributed by atoms with van der Waals surface area (Å²) in [6.45, 7) is 0. The van der Waals surface area contributed by atoms with Crippen LogP contribution in [0.3, 0.4) is 0 Å². The Morgan fingerprint density at radius 2 is 2.15 bits per heavy atom. The summed E-state index contributed by atoms with van der Waals surface area (Å²) in [7, 11) is 0. The number of carbonyl (C=O) groups is 1. The first-order chi connectivity index (χ1) is 9.65. The maximum atomic E-state index is 13.6. The fourth-order valence-electron chi connectivity index (χ4n) is 2.26. The van der Waals surface area contributed by atoms with Gasteiger partial charge in [-0.15, -0.1) is 0 Å². The molecule has 2 aromatic rings. The highest BCUT2D eigenvalue weighted by Crippen LogP contribution is 2.30. The number of aromatic nitrogens is 2. The molecule has 0 saturated carbocycles. The zero-order chi connectivity index (χ0) is 14.1. The van der Waals surface area contributed by atoms with Crippen molar-refractivity contribution in [2.45, 2.75) is 19.3 Å². The van der Waals surface area contributed by atoms with E-state index in [0.29, 0.717) is 5.88 Å². The third-order valence-corrected chi connectivity index (χ3v) is 3.22. The average Bonchev–Trinajstić information content (AvgIpc) is 2.87. The third kappa shape index (κ3) is 2.20. The van der Waals surface area contributed by atoms with Gasteiger partial charge >= 0.3 is 5.97 Å². The highest BCUT2D eigenvalue weighted by Gasteiger charge is 2.19. The molecule has 6 heteroatoms. The fraction of sp³-hybridized carbons (Fsp3) is 0.214. The Labute approximate surface area is 114 Å². The van der Waals surface area contributed by atoms with Gasteiger partial charge in [0.2, 0.25) is 5.88 Å². The van der Waals surface area contributed by atoms with Crippen molar-refractivity contribution in [3.8, 4) is 11.6 Å². The number of aryl methyl sites for hydroxylation is 1. The largest absolute Gasteiger partial charge is 0.478 e. The van der Waals surface area contributed by atoms with Crippen molar-refractivity contribution in [3.05, 3.63) is 47.2 Å². The molecule has 1 aromatic heterocycles. The van der Waals surface area contributed by atoms with Crippen LogP contribution in [0.25, 0.3) is 0 Å². The predicted octanol–water partition coefficient (Wildman–Crippen LogP) is 2.59. The molecule has 102 valence electrons. The molecule has 1 aliphatic rings. The summed E-state index contributed by atoms with van der Waals surface area (Å²) < 4.78 is 19.1. The summed E-state index contributed by atoms with van der Waals surface area (Å²) in [6.07, 6.45) is 4.14. The molecule has 3 rings (SSSR count). The van der Waals surface area contributed by atoms with Crippen molar-refractivity contribution in [2.75, 3.05) is 0 Å². The summed E-state index contributed by atoms with van der Waals surface area (Å²) in [5, 5.41) is 8.77. The van der Waals surface area contributed by atoms with Gasteiger partial charge in [0.15, 0.2) is 0 Å². The highest BCUT2D eigenvalue weighted by atomic mass is 19.1. The Morgan fingerprint density at radius 1 is 1.30 bits per heavy atom. The van der Waals surface area contributed by atoms with Crippen molar-refractivity contribution in [1.29, 1.82) is 0 Å². The topological polar surface area (TPSA) is 72.3 Å². The summed E-state index contributed by atoms with van der Waals surface area (Å²) in [4.78, 5) is 19.0. The lowest BCUT2D eigenvalue weighted by Crippen LogP contribution is -2.01. The Balaban J connectivity index is 1.91. The van der Waals surface area contributed by atoms with Gasteiger partial charge in [0.1, 0.15) is 17.9 Å². The number of aromatic carboxylic acids is 1. The normalized spacial score (nSPS) is 13.1. The number of benzene rings is 1. The number of hydrogen-bond acceptors (Lipinski definition) is 4. The van der Waals surface area contributed by atoms with E-state index in [0.717, 1.165) is 36.6 Å². The van der Waals surface area contributed by atoms with E-state index in [1.54, 1.807) is 0 Å². The molecule has 1 heterocycles. The maximum absolute atomic E-state index is 13.6. The lowest BCUT2D eigenvalue weighted by atomic mass is 10.2. The van der Waals surface area contributed by atoms with Crippen molar-refractivity contribution >= 4 is 5.97 Å². The Kier molecular flexibility index (Phi) is 3.06. The first kappa shape index (κ1) is 12.5. The third-order valence-electron chi connectivity index (χ3n) is 3.22. The van der Waals surface area contributed by atoms with Gasteiger partial charge in [-0.2, -0.15) is 0 Å². The van der Waals surface area contributed by atoms with Crippen LogP contribution in [-0.4, -0.2) is 21.0 Å². The van der Waals surface area contributed by atoms with Crippen LogP contribution >= 0.6 is 0 Å². The van der Waals surface area contributed by atoms with Crippen LogP contribution < -0.4 is 4.74 Å². The van der Waals surface area contributed by atoms with Crippen molar-refractivity contribution in [1.82, 2.24) is 9.97 Å². The Hall–Kier alpha value is -2.50. The van der Waals surface area contributed by atoms with E-state index in [1.807, 2.05) is 0 Å². The number of carboxylic acid groups (broad SMARTS) is 1. The first-order valence-corrected chi connectivity index (χ1v) is 6.18. The van der Waals surface area contributed by atoms with Crippen LogP contribution in [-0.2, 0) is 12.8 Å². The lowest BCUT2D eigenvalue weighted by molar-refractivity contribution is 0.0692. The molecule has 1 aromatic carbocycles. The van der Waals surface area contributed by atoms with Crippen LogP contribution in [0.4, 0.5) is 4.39 Å². The predicted molar refractivity (Wildman–Crippen MR) is 67.5 cm³/mol. The van der Waals surface area contributed by atoms with Gasteiger partial charge < -0.3 is 9.84 Å².